The Bertz CT molecular complexity index is 436. The molecule has 17 heavy (non-hydrogen) atoms. The van der Waals surface area contributed by atoms with Crippen molar-refractivity contribution in [3.05, 3.63) is 28.0 Å². The summed E-state index contributed by atoms with van der Waals surface area (Å²) < 4.78 is 9.87. The van der Waals surface area contributed by atoms with Crippen LogP contribution in [0.15, 0.2) is 16.5 Å². The summed E-state index contributed by atoms with van der Waals surface area (Å²) in [4.78, 5) is 20.8. The lowest BCUT2D eigenvalue weighted by molar-refractivity contribution is -0.402. The molecule has 1 heterocycles. The number of rotatable bonds is 5. The zero-order chi connectivity index (χ0) is 13.2. The number of hydrogen-bond donors (Lipinski definition) is 1. The Labute approximate surface area is 97.1 Å². The highest BCUT2D eigenvalue weighted by Gasteiger charge is 2.40. The molecule has 94 valence electrons. The van der Waals surface area contributed by atoms with E-state index in [1.807, 2.05) is 0 Å². The third-order valence-corrected chi connectivity index (χ3v) is 2.52. The van der Waals surface area contributed by atoms with Crippen molar-refractivity contribution in [3.8, 4) is 0 Å². The van der Waals surface area contributed by atoms with Gasteiger partial charge in [-0.15, -0.1) is 0 Å². The molecule has 0 spiro atoms. The van der Waals surface area contributed by atoms with Gasteiger partial charge in [-0.2, -0.15) is 0 Å². The maximum atomic E-state index is 11.0. The molecule has 0 aliphatic heterocycles. The zero-order valence-electron chi connectivity index (χ0n) is 9.67. The van der Waals surface area contributed by atoms with Gasteiger partial charge in [-0.1, -0.05) is 0 Å². The van der Waals surface area contributed by atoms with Gasteiger partial charge in [-0.05, 0) is 19.9 Å². The Morgan fingerprint density at radius 1 is 1.59 bits per heavy atom. The quantitative estimate of drug-likeness (QED) is 0.621. The van der Waals surface area contributed by atoms with Gasteiger partial charge in [-0.25, -0.2) is 4.79 Å². The summed E-state index contributed by atoms with van der Waals surface area (Å²) in [7, 11) is 1.26. The molecule has 0 saturated heterocycles. The van der Waals surface area contributed by atoms with Gasteiger partial charge in [0, 0.05) is 7.11 Å². The topological polar surface area (TPSA) is 103 Å². The fraction of sp³-hybridized carbons (Fsp3) is 0.500. The van der Waals surface area contributed by atoms with Crippen LogP contribution in [0.1, 0.15) is 19.6 Å². The molecule has 1 unspecified atom stereocenters. The van der Waals surface area contributed by atoms with Crippen molar-refractivity contribution in [1.82, 2.24) is 0 Å². The van der Waals surface area contributed by atoms with Crippen LogP contribution in [0.3, 0.4) is 0 Å². The minimum atomic E-state index is -1.16. The molecule has 7 nitrogen and oxygen atoms in total. The van der Waals surface area contributed by atoms with Gasteiger partial charge < -0.3 is 14.3 Å². The summed E-state index contributed by atoms with van der Waals surface area (Å²) in [5.41, 5.74) is -1.01. The van der Waals surface area contributed by atoms with E-state index in [9.17, 15) is 14.9 Å². The number of nitrogens with zero attached hydrogens (tertiary/aromatic N) is 1. The molecule has 7 heteroatoms. The third-order valence-electron chi connectivity index (χ3n) is 2.52. The standard InChI is InChI=1S/C10H13NO6/c1-10(2,8(16-3)9(12)13)6-4-5-7(17-6)11(14)15/h4-5,8H,1-3H3,(H,12,13). The van der Waals surface area contributed by atoms with Crippen LogP contribution in [-0.2, 0) is 14.9 Å². The number of aliphatic carboxylic acids is 1. The van der Waals surface area contributed by atoms with Gasteiger partial charge in [0.1, 0.15) is 10.7 Å². The van der Waals surface area contributed by atoms with Crippen molar-refractivity contribution in [1.29, 1.82) is 0 Å². The molecule has 1 aromatic heterocycles. The Balaban J connectivity index is 3.10. The molecule has 1 atom stereocenters. The first-order chi connectivity index (χ1) is 7.80. The summed E-state index contributed by atoms with van der Waals surface area (Å²) in [6.45, 7) is 3.16. The molecular weight excluding hydrogens is 230 g/mol. The fourth-order valence-corrected chi connectivity index (χ4v) is 1.61. The Morgan fingerprint density at radius 3 is 2.53 bits per heavy atom. The number of ether oxygens (including phenoxy) is 1. The van der Waals surface area contributed by atoms with Crippen LogP contribution in [0.2, 0.25) is 0 Å². The van der Waals surface area contributed by atoms with Crippen molar-refractivity contribution in [3.63, 3.8) is 0 Å². The normalized spacial score (nSPS) is 13.4. The van der Waals surface area contributed by atoms with Crippen LogP contribution in [-0.4, -0.2) is 29.2 Å². The minimum absolute atomic E-state index is 0.193. The van der Waals surface area contributed by atoms with Crippen molar-refractivity contribution in [2.75, 3.05) is 7.11 Å². The summed E-state index contributed by atoms with van der Waals surface area (Å²) in [5.74, 6) is -1.39. The molecule has 0 aliphatic carbocycles. The molecule has 0 aliphatic rings. The van der Waals surface area contributed by atoms with Crippen molar-refractivity contribution in [2.45, 2.75) is 25.4 Å². The smallest absolute Gasteiger partial charge is 0.433 e. The van der Waals surface area contributed by atoms with Crippen LogP contribution in [0, 0.1) is 10.1 Å². The van der Waals surface area contributed by atoms with E-state index in [-0.39, 0.29) is 5.76 Å². The second kappa shape index (κ2) is 4.54. The molecule has 0 fully saturated rings. The van der Waals surface area contributed by atoms with Gasteiger partial charge in [0.15, 0.2) is 6.10 Å². The Morgan fingerprint density at radius 2 is 2.18 bits per heavy atom. The number of nitro groups is 1. The molecule has 0 saturated carbocycles. The minimum Gasteiger partial charge on any atom is -0.479 e. The molecular formula is C10H13NO6. The first kappa shape index (κ1) is 13.2. The number of carboxylic acid groups (broad SMARTS) is 1. The van der Waals surface area contributed by atoms with E-state index in [1.54, 1.807) is 13.8 Å². The van der Waals surface area contributed by atoms with E-state index in [0.717, 1.165) is 0 Å². The Kier molecular flexibility index (Phi) is 3.52. The monoisotopic (exact) mass is 243 g/mol. The van der Waals surface area contributed by atoms with Crippen molar-refractivity contribution < 1.29 is 24.0 Å². The molecule has 1 aromatic rings. The number of methoxy groups -OCH3 is 1. The lowest BCUT2D eigenvalue weighted by atomic mass is 9.84. The summed E-state index contributed by atoms with van der Waals surface area (Å²) >= 11 is 0. The largest absolute Gasteiger partial charge is 0.479 e. The lowest BCUT2D eigenvalue weighted by Gasteiger charge is -2.27. The number of carbonyl (C=O) groups is 1. The number of furan rings is 1. The molecule has 0 radical (unpaired) electrons. The predicted molar refractivity (Wildman–Crippen MR) is 56.8 cm³/mol. The molecule has 1 N–H and O–H groups in total. The second-order valence-corrected chi connectivity index (χ2v) is 4.07. The van der Waals surface area contributed by atoms with E-state index in [4.69, 9.17) is 14.3 Å². The fourth-order valence-electron chi connectivity index (χ4n) is 1.61. The van der Waals surface area contributed by atoms with Crippen molar-refractivity contribution in [2.24, 2.45) is 0 Å². The molecule has 1 rings (SSSR count). The van der Waals surface area contributed by atoms with Crippen LogP contribution < -0.4 is 0 Å². The van der Waals surface area contributed by atoms with E-state index < -0.39 is 28.3 Å². The van der Waals surface area contributed by atoms with Crippen LogP contribution in [0.5, 0.6) is 0 Å². The maximum Gasteiger partial charge on any atom is 0.433 e. The highest BCUT2D eigenvalue weighted by molar-refractivity contribution is 5.74. The molecule has 0 bridgehead atoms. The average Bonchev–Trinajstić information content (AvgIpc) is 2.66. The van der Waals surface area contributed by atoms with E-state index in [1.165, 1.54) is 19.2 Å². The van der Waals surface area contributed by atoms with Crippen LogP contribution >= 0.6 is 0 Å². The van der Waals surface area contributed by atoms with Gasteiger partial charge in [-0.3, -0.25) is 10.1 Å². The summed E-state index contributed by atoms with van der Waals surface area (Å²) in [6.07, 6.45) is -1.15. The number of carboxylic acids is 1. The highest BCUT2D eigenvalue weighted by atomic mass is 16.6. The van der Waals surface area contributed by atoms with Crippen molar-refractivity contribution >= 4 is 11.9 Å². The second-order valence-electron chi connectivity index (χ2n) is 4.07. The molecule has 0 amide bonds. The van der Waals surface area contributed by atoms with E-state index in [2.05, 4.69) is 0 Å². The van der Waals surface area contributed by atoms with Gasteiger partial charge >= 0.3 is 11.9 Å². The van der Waals surface area contributed by atoms with Crippen LogP contribution in [0.4, 0.5) is 5.88 Å². The number of hydrogen-bond acceptors (Lipinski definition) is 5. The maximum absolute atomic E-state index is 11.0. The third kappa shape index (κ3) is 2.44. The first-order valence-electron chi connectivity index (χ1n) is 4.81. The van der Waals surface area contributed by atoms with Gasteiger partial charge in [0.25, 0.3) is 0 Å². The van der Waals surface area contributed by atoms with E-state index >= 15 is 0 Å². The Hall–Kier alpha value is -1.89. The zero-order valence-corrected chi connectivity index (χ0v) is 9.67. The predicted octanol–water partition coefficient (Wildman–Crippen LogP) is 1.56. The lowest BCUT2D eigenvalue weighted by Crippen LogP contribution is -2.41. The first-order valence-corrected chi connectivity index (χ1v) is 4.81. The summed E-state index contributed by atoms with van der Waals surface area (Å²) in [5, 5.41) is 19.5. The average molecular weight is 243 g/mol. The van der Waals surface area contributed by atoms with Crippen LogP contribution in [0.25, 0.3) is 0 Å². The highest BCUT2D eigenvalue weighted by Crippen LogP contribution is 2.32. The van der Waals surface area contributed by atoms with Gasteiger partial charge in [0.05, 0.1) is 11.5 Å². The molecule has 0 aromatic carbocycles. The van der Waals surface area contributed by atoms with Gasteiger partial charge in [0.2, 0.25) is 0 Å². The SMILES string of the molecule is COC(C(=O)O)C(C)(C)c1ccc([N+](=O)[O-])o1. The summed E-state index contributed by atoms with van der Waals surface area (Å²) in [6, 6.07) is 2.57. The van der Waals surface area contributed by atoms with E-state index in [0.29, 0.717) is 0 Å².